The lowest BCUT2D eigenvalue weighted by Gasteiger charge is -2.20. The van der Waals surface area contributed by atoms with Crippen LogP contribution in [0.2, 0.25) is 0 Å². The van der Waals surface area contributed by atoms with E-state index in [-0.39, 0.29) is 11.3 Å². The molecule has 0 N–H and O–H groups in total. The number of hydrogen-bond donors (Lipinski definition) is 0. The first-order valence-electron chi connectivity index (χ1n) is 10.1. The van der Waals surface area contributed by atoms with Crippen molar-refractivity contribution >= 4 is 12.0 Å². The van der Waals surface area contributed by atoms with Gasteiger partial charge in [0.1, 0.15) is 0 Å². The van der Waals surface area contributed by atoms with E-state index in [1.54, 1.807) is 0 Å². The van der Waals surface area contributed by atoms with Crippen LogP contribution in [0.4, 0.5) is 26.3 Å². The summed E-state index contributed by atoms with van der Waals surface area (Å²) in [5.41, 5.74) is -3.10. The first kappa shape index (κ1) is 26.1. The van der Waals surface area contributed by atoms with Gasteiger partial charge in [-0.15, -0.1) is 0 Å². The lowest BCUT2D eigenvalue weighted by Crippen LogP contribution is -2.17. The number of unbranched alkanes of at least 4 members (excludes halogenated alkanes) is 9. The van der Waals surface area contributed by atoms with Crippen LogP contribution in [-0.4, -0.2) is 7.11 Å². The molecule has 8 heteroatoms. The standard InChI is InChI=1S/C21H30F6OS/c1-3-4-5-6-7-8-9-10-11-12-13-17-18(20(22,23)24)14-16(29-28-2)15-19(17)21(25,26)27/h14-15H,3-13H2,1-2H3. The molecule has 0 bridgehead atoms. The van der Waals surface area contributed by atoms with Gasteiger partial charge >= 0.3 is 12.4 Å². The van der Waals surface area contributed by atoms with Gasteiger partial charge in [0.2, 0.25) is 0 Å². The van der Waals surface area contributed by atoms with Crippen LogP contribution in [0, 0.1) is 0 Å². The Morgan fingerprint density at radius 2 is 1.14 bits per heavy atom. The average molecular weight is 445 g/mol. The normalized spacial score (nSPS) is 12.6. The molecular weight excluding hydrogens is 414 g/mol. The zero-order chi connectivity index (χ0) is 21.9. The lowest BCUT2D eigenvalue weighted by atomic mass is 9.94. The first-order chi connectivity index (χ1) is 13.6. The Balaban J connectivity index is 2.73. The predicted molar refractivity (Wildman–Crippen MR) is 105 cm³/mol. The second-order valence-electron chi connectivity index (χ2n) is 7.17. The number of hydrogen-bond acceptors (Lipinski definition) is 2. The molecule has 1 rings (SSSR count). The highest BCUT2D eigenvalue weighted by Crippen LogP contribution is 2.42. The SMILES string of the molecule is CCCCCCCCCCCCc1c(C(F)(F)F)cc(SOC)cc1C(F)(F)F. The molecule has 0 heterocycles. The summed E-state index contributed by atoms with van der Waals surface area (Å²) in [4.78, 5) is -0.209. The molecule has 0 atom stereocenters. The van der Waals surface area contributed by atoms with Crippen LogP contribution in [0.25, 0.3) is 0 Å². The monoisotopic (exact) mass is 444 g/mol. The lowest BCUT2D eigenvalue weighted by molar-refractivity contribution is -0.144. The van der Waals surface area contributed by atoms with E-state index in [0.29, 0.717) is 24.9 Å². The van der Waals surface area contributed by atoms with Crippen molar-refractivity contribution in [1.29, 1.82) is 0 Å². The van der Waals surface area contributed by atoms with E-state index in [9.17, 15) is 26.3 Å². The molecule has 0 aliphatic heterocycles. The minimum absolute atomic E-state index is 0.209. The maximum Gasteiger partial charge on any atom is 0.416 e. The van der Waals surface area contributed by atoms with E-state index in [4.69, 9.17) is 0 Å². The Hall–Kier alpha value is -0.890. The van der Waals surface area contributed by atoms with Gasteiger partial charge in [-0.05, 0) is 30.5 Å². The topological polar surface area (TPSA) is 9.23 Å². The Kier molecular flexibility index (Phi) is 11.5. The summed E-state index contributed by atoms with van der Waals surface area (Å²) in [6, 6.07) is 1.49. The first-order valence-corrected chi connectivity index (χ1v) is 10.9. The Morgan fingerprint density at radius 3 is 1.52 bits per heavy atom. The maximum atomic E-state index is 13.4. The summed E-state index contributed by atoms with van der Waals surface area (Å²) in [6.45, 7) is 2.15. The van der Waals surface area contributed by atoms with Crippen LogP contribution in [0.15, 0.2) is 17.0 Å². The van der Waals surface area contributed by atoms with Gasteiger partial charge in [-0.3, -0.25) is 0 Å². The number of rotatable bonds is 13. The van der Waals surface area contributed by atoms with E-state index in [1.807, 2.05) is 0 Å². The fourth-order valence-electron chi connectivity index (χ4n) is 3.35. The molecule has 0 aliphatic carbocycles. The third-order valence-electron chi connectivity index (χ3n) is 4.79. The van der Waals surface area contributed by atoms with Crippen LogP contribution in [0.5, 0.6) is 0 Å². The summed E-state index contributed by atoms with van der Waals surface area (Å²) >= 11 is 0.489. The van der Waals surface area contributed by atoms with E-state index in [0.717, 1.165) is 37.8 Å². The summed E-state index contributed by atoms with van der Waals surface area (Å²) in [6.07, 6.45) is -0.204. The molecule has 29 heavy (non-hydrogen) atoms. The Bertz CT molecular complexity index is 563. The molecule has 0 saturated heterocycles. The maximum absolute atomic E-state index is 13.4. The molecule has 0 amide bonds. The zero-order valence-electron chi connectivity index (χ0n) is 17.0. The molecular formula is C21H30F6OS. The number of halogens is 6. The molecule has 0 spiro atoms. The predicted octanol–water partition coefficient (Wildman–Crippen LogP) is 8.84. The summed E-state index contributed by atoms with van der Waals surface area (Å²) in [5.74, 6) is 0. The molecule has 1 aromatic carbocycles. The summed E-state index contributed by atoms with van der Waals surface area (Å²) in [5, 5.41) is 0. The van der Waals surface area contributed by atoms with Gasteiger partial charge in [0, 0.05) is 16.9 Å². The summed E-state index contributed by atoms with van der Waals surface area (Å²) < 4.78 is 85.2. The van der Waals surface area contributed by atoms with Gasteiger partial charge in [0.05, 0.1) is 18.2 Å². The quantitative estimate of drug-likeness (QED) is 0.171. The molecule has 168 valence electrons. The van der Waals surface area contributed by atoms with Crippen molar-refractivity contribution in [3.05, 3.63) is 28.8 Å². The van der Waals surface area contributed by atoms with Gasteiger partial charge in [0.15, 0.2) is 0 Å². The van der Waals surface area contributed by atoms with Crippen molar-refractivity contribution < 1.29 is 30.5 Å². The molecule has 0 aliphatic rings. The van der Waals surface area contributed by atoms with Crippen molar-refractivity contribution in [2.75, 3.05) is 7.11 Å². The summed E-state index contributed by atoms with van der Waals surface area (Å²) in [7, 11) is 1.20. The highest BCUT2D eigenvalue weighted by atomic mass is 32.2. The van der Waals surface area contributed by atoms with Crippen LogP contribution >= 0.6 is 12.0 Å². The van der Waals surface area contributed by atoms with Crippen LogP contribution in [0.1, 0.15) is 87.8 Å². The van der Waals surface area contributed by atoms with Crippen molar-refractivity contribution in [1.82, 2.24) is 0 Å². The third-order valence-corrected chi connectivity index (χ3v) is 5.39. The Morgan fingerprint density at radius 1 is 0.724 bits per heavy atom. The molecule has 0 fully saturated rings. The minimum Gasteiger partial charge on any atom is -0.314 e. The van der Waals surface area contributed by atoms with E-state index >= 15 is 0 Å². The number of alkyl halides is 6. The minimum atomic E-state index is -4.85. The van der Waals surface area contributed by atoms with E-state index in [1.165, 1.54) is 32.8 Å². The molecule has 1 nitrogen and oxygen atoms in total. The van der Waals surface area contributed by atoms with Gasteiger partial charge in [-0.1, -0.05) is 64.7 Å². The van der Waals surface area contributed by atoms with Gasteiger partial charge in [0.25, 0.3) is 0 Å². The molecule has 0 unspecified atom stereocenters. The molecule has 0 saturated carbocycles. The van der Waals surface area contributed by atoms with Gasteiger partial charge in [-0.25, -0.2) is 0 Å². The molecule has 0 aromatic heterocycles. The fraction of sp³-hybridized carbons (Fsp3) is 0.714. The molecule has 0 radical (unpaired) electrons. The van der Waals surface area contributed by atoms with Crippen molar-refractivity contribution in [3.63, 3.8) is 0 Å². The van der Waals surface area contributed by atoms with Crippen LogP contribution in [-0.2, 0) is 23.0 Å². The van der Waals surface area contributed by atoms with Crippen LogP contribution < -0.4 is 0 Å². The average Bonchev–Trinajstić information content (AvgIpc) is 2.62. The van der Waals surface area contributed by atoms with E-state index < -0.39 is 29.0 Å². The second kappa shape index (κ2) is 12.7. The molecule has 1 aromatic rings. The highest BCUT2D eigenvalue weighted by molar-refractivity contribution is 7.94. The smallest absolute Gasteiger partial charge is 0.314 e. The Labute approximate surface area is 173 Å². The van der Waals surface area contributed by atoms with E-state index in [2.05, 4.69) is 11.1 Å². The fourth-order valence-corrected chi connectivity index (χ4v) is 3.88. The highest BCUT2D eigenvalue weighted by Gasteiger charge is 2.41. The van der Waals surface area contributed by atoms with Gasteiger partial charge in [-0.2, -0.15) is 26.3 Å². The largest absolute Gasteiger partial charge is 0.416 e. The second-order valence-corrected chi connectivity index (χ2v) is 8.15. The number of benzene rings is 1. The van der Waals surface area contributed by atoms with Gasteiger partial charge < -0.3 is 4.18 Å². The van der Waals surface area contributed by atoms with Crippen molar-refractivity contribution in [3.8, 4) is 0 Å². The van der Waals surface area contributed by atoms with Crippen LogP contribution in [0.3, 0.4) is 0 Å². The zero-order valence-corrected chi connectivity index (χ0v) is 17.8. The third kappa shape index (κ3) is 9.64. The van der Waals surface area contributed by atoms with Crippen molar-refractivity contribution in [2.45, 2.75) is 94.8 Å². The van der Waals surface area contributed by atoms with Crippen molar-refractivity contribution in [2.24, 2.45) is 0 Å².